The van der Waals surface area contributed by atoms with E-state index in [1.54, 1.807) is 25.7 Å². The van der Waals surface area contributed by atoms with Crippen LogP contribution in [0.3, 0.4) is 0 Å². The van der Waals surface area contributed by atoms with Gasteiger partial charge >= 0.3 is 0 Å². The summed E-state index contributed by atoms with van der Waals surface area (Å²) in [6.45, 7) is 2.44. The van der Waals surface area contributed by atoms with Crippen LogP contribution in [0.25, 0.3) is 0 Å². The van der Waals surface area contributed by atoms with Crippen LogP contribution in [-0.2, 0) is 0 Å². The van der Waals surface area contributed by atoms with Gasteiger partial charge in [0.05, 0.1) is 0 Å². The Labute approximate surface area is 70.4 Å². The third-order valence-electron chi connectivity index (χ3n) is 3.80. The van der Waals surface area contributed by atoms with E-state index in [1.165, 1.54) is 19.3 Å². The lowest BCUT2D eigenvalue weighted by Gasteiger charge is -2.38. The third-order valence-corrected chi connectivity index (χ3v) is 3.80. The largest absolute Gasteiger partial charge is 0.0625 e. The molecule has 0 saturated heterocycles. The fraction of sp³-hybridized carbons (Fsp3) is 1.00. The summed E-state index contributed by atoms with van der Waals surface area (Å²) in [5.74, 6) is 3.31. The second-order valence-electron chi connectivity index (χ2n) is 4.72. The summed E-state index contributed by atoms with van der Waals surface area (Å²) >= 11 is 0. The molecule has 0 heteroatoms. The number of rotatable bonds is 0. The van der Waals surface area contributed by atoms with E-state index in [4.69, 9.17) is 0 Å². The Kier molecular flexibility index (Phi) is 2.20. The van der Waals surface area contributed by atoms with E-state index in [0.717, 1.165) is 17.8 Å². The van der Waals surface area contributed by atoms with Gasteiger partial charge in [-0.05, 0) is 30.6 Å². The van der Waals surface area contributed by atoms with E-state index in [-0.39, 0.29) is 0 Å². The molecule has 0 nitrogen and oxygen atoms in total. The molecule has 0 amide bonds. The summed E-state index contributed by atoms with van der Waals surface area (Å²) in [6, 6.07) is 0. The van der Waals surface area contributed by atoms with Crippen LogP contribution in [0.15, 0.2) is 0 Å². The minimum absolute atomic E-state index is 1.04. The molecule has 0 N–H and O–H groups in total. The van der Waals surface area contributed by atoms with Crippen LogP contribution in [0.1, 0.15) is 51.9 Å². The molecule has 1 unspecified atom stereocenters. The number of hydrogen-bond donors (Lipinski definition) is 0. The molecule has 0 heterocycles. The van der Waals surface area contributed by atoms with Crippen molar-refractivity contribution in [1.82, 2.24) is 0 Å². The fourth-order valence-electron chi connectivity index (χ4n) is 3.11. The molecule has 2 fully saturated rings. The molecule has 0 spiro atoms. The molecule has 2 aliphatic carbocycles. The summed E-state index contributed by atoms with van der Waals surface area (Å²) in [5.41, 5.74) is 0. The number of hydrogen-bond acceptors (Lipinski definition) is 0. The highest BCUT2D eigenvalue weighted by Gasteiger charge is 2.29. The van der Waals surface area contributed by atoms with Crippen molar-refractivity contribution < 1.29 is 0 Å². The zero-order chi connectivity index (χ0) is 7.68. The van der Waals surface area contributed by atoms with E-state index >= 15 is 0 Å². The summed E-state index contributed by atoms with van der Waals surface area (Å²) in [7, 11) is 0. The molecule has 2 saturated carbocycles. The van der Waals surface area contributed by atoms with Crippen LogP contribution in [-0.4, -0.2) is 0 Å². The molecule has 0 radical (unpaired) electrons. The molecule has 11 heavy (non-hydrogen) atoms. The number of fused-ring (bicyclic) bond motifs is 1. The highest BCUT2D eigenvalue weighted by Crippen LogP contribution is 2.42. The Hall–Kier alpha value is 0. The zero-order valence-corrected chi connectivity index (χ0v) is 7.68. The molecular weight excluding hydrogens is 132 g/mol. The fourth-order valence-corrected chi connectivity index (χ4v) is 3.11. The van der Waals surface area contributed by atoms with E-state index in [0.29, 0.717) is 0 Å². The summed E-state index contributed by atoms with van der Waals surface area (Å²) in [5, 5.41) is 0. The first-order valence-electron chi connectivity index (χ1n) is 5.36. The van der Waals surface area contributed by atoms with Crippen molar-refractivity contribution in [3.63, 3.8) is 0 Å². The molecule has 0 aliphatic heterocycles. The van der Waals surface area contributed by atoms with Crippen LogP contribution < -0.4 is 0 Å². The summed E-state index contributed by atoms with van der Waals surface area (Å²) in [4.78, 5) is 0. The van der Waals surface area contributed by atoms with Crippen LogP contribution in [0.5, 0.6) is 0 Å². The van der Waals surface area contributed by atoms with Crippen molar-refractivity contribution in [3.8, 4) is 0 Å². The Balaban J connectivity index is 1.93. The predicted octanol–water partition coefficient (Wildman–Crippen LogP) is 3.61. The lowest BCUT2D eigenvalue weighted by atomic mass is 9.68. The minimum Gasteiger partial charge on any atom is -0.0625 e. The molecule has 2 rings (SSSR count). The van der Waals surface area contributed by atoms with Gasteiger partial charge in [0.25, 0.3) is 0 Å². The van der Waals surface area contributed by atoms with Crippen molar-refractivity contribution >= 4 is 0 Å². The standard InChI is InChI=1S/C11H20/c1-9-6-7-10-4-2-3-5-11(10)8-9/h9-11H,2-8H2,1H3/t9?,10-,11-/m0/s1. The average molecular weight is 152 g/mol. The summed E-state index contributed by atoms with van der Waals surface area (Å²) in [6.07, 6.45) is 10.8. The molecule has 0 aromatic rings. The second kappa shape index (κ2) is 3.16. The Morgan fingerprint density at radius 2 is 1.55 bits per heavy atom. The maximum atomic E-state index is 2.44. The maximum absolute atomic E-state index is 2.44. The van der Waals surface area contributed by atoms with E-state index in [2.05, 4.69) is 6.92 Å². The van der Waals surface area contributed by atoms with Gasteiger partial charge in [-0.25, -0.2) is 0 Å². The van der Waals surface area contributed by atoms with Crippen molar-refractivity contribution in [2.45, 2.75) is 51.9 Å². The van der Waals surface area contributed by atoms with Gasteiger partial charge in [0.1, 0.15) is 0 Å². The van der Waals surface area contributed by atoms with Gasteiger partial charge in [-0.3, -0.25) is 0 Å². The van der Waals surface area contributed by atoms with Gasteiger partial charge in [-0.15, -0.1) is 0 Å². The van der Waals surface area contributed by atoms with Gasteiger partial charge in [-0.1, -0.05) is 39.0 Å². The molecule has 0 aromatic heterocycles. The molecule has 64 valence electrons. The molecule has 3 atom stereocenters. The highest BCUT2D eigenvalue weighted by atomic mass is 14.4. The Morgan fingerprint density at radius 3 is 2.36 bits per heavy atom. The molecule has 2 aliphatic rings. The lowest BCUT2D eigenvalue weighted by Crippen LogP contribution is -2.26. The van der Waals surface area contributed by atoms with E-state index in [9.17, 15) is 0 Å². The smallest absolute Gasteiger partial charge is 0.0383 e. The van der Waals surface area contributed by atoms with E-state index < -0.39 is 0 Å². The zero-order valence-electron chi connectivity index (χ0n) is 7.68. The van der Waals surface area contributed by atoms with Crippen LogP contribution in [0, 0.1) is 17.8 Å². The monoisotopic (exact) mass is 152 g/mol. The highest BCUT2D eigenvalue weighted by molar-refractivity contribution is 4.81. The molecule has 0 aromatic carbocycles. The van der Waals surface area contributed by atoms with Gasteiger partial charge < -0.3 is 0 Å². The average Bonchev–Trinajstić information content (AvgIpc) is 2.04. The SMILES string of the molecule is CC1CC[C@@H]2CCCC[C@H]2C1. The first-order chi connectivity index (χ1) is 5.36. The van der Waals surface area contributed by atoms with Crippen LogP contribution in [0.4, 0.5) is 0 Å². The Bertz CT molecular complexity index is 128. The minimum atomic E-state index is 1.04. The van der Waals surface area contributed by atoms with Gasteiger partial charge in [-0.2, -0.15) is 0 Å². The van der Waals surface area contributed by atoms with Crippen LogP contribution >= 0.6 is 0 Å². The summed E-state index contributed by atoms with van der Waals surface area (Å²) < 4.78 is 0. The van der Waals surface area contributed by atoms with Crippen molar-refractivity contribution in [1.29, 1.82) is 0 Å². The predicted molar refractivity (Wildman–Crippen MR) is 48.5 cm³/mol. The van der Waals surface area contributed by atoms with E-state index in [1.807, 2.05) is 0 Å². The first-order valence-corrected chi connectivity index (χ1v) is 5.36. The molecular formula is C11H20. The van der Waals surface area contributed by atoms with Crippen molar-refractivity contribution in [2.24, 2.45) is 17.8 Å². The van der Waals surface area contributed by atoms with Gasteiger partial charge in [0.2, 0.25) is 0 Å². The second-order valence-corrected chi connectivity index (χ2v) is 4.72. The Morgan fingerprint density at radius 1 is 0.818 bits per heavy atom. The van der Waals surface area contributed by atoms with Gasteiger partial charge in [0, 0.05) is 0 Å². The normalized spacial score (nSPS) is 45.0. The van der Waals surface area contributed by atoms with Crippen LogP contribution in [0.2, 0.25) is 0 Å². The third kappa shape index (κ3) is 1.60. The first kappa shape index (κ1) is 7.64. The van der Waals surface area contributed by atoms with Crippen molar-refractivity contribution in [3.05, 3.63) is 0 Å². The quantitative estimate of drug-likeness (QED) is 0.497. The van der Waals surface area contributed by atoms with Gasteiger partial charge in [0.15, 0.2) is 0 Å². The van der Waals surface area contributed by atoms with Crippen molar-refractivity contribution in [2.75, 3.05) is 0 Å². The maximum Gasteiger partial charge on any atom is -0.0383 e. The topological polar surface area (TPSA) is 0 Å². The lowest BCUT2D eigenvalue weighted by molar-refractivity contribution is 0.137. The molecule has 0 bridgehead atoms.